The SMILES string of the molecule is [CH2]c1cc(Cl)ccc1C(C)(C)C. The molecule has 0 fully saturated rings. The van der Waals surface area contributed by atoms with Gasteiger partial charge in [-0.05, 0) is 35.6 Å². The number of benzene rings is 1. The van der Waals surface area contributed by atoms with Gasteiger partial charge in [-0.3, -0.25) is 0 Å². The van der Waals surface area contributed by atoms with Crippen LogP contribution in [0.3, 0.4) is 0 Å². The second kappa shape index (κ2) is 3.10. The van der Waals surface area contributed by atoms with Crippen molar-refractivity contribution in [3.8, 4) is 0 Å². The maximum Gasteiger partial charge on any atom is 0.0408 e. The average Bonchev–Trinajstić information content (AvgIpc) is 1.83. The van der Waals surface area contributed by atoms with Crippen LogP contribution >= 0.6 is 11.6 Å². The maximum absolute atomic E-state index is 5.83. The third-order valence-corrected chi connectivity index (χ3v) is 2.11. The van der Waals surface area contributed by atoms with Gasteiger partial charge < -0.3 is 0 Å². The van der Waals surface area contributed by atoms with Gasteiger partial charge in [0.2, 0.25) is 0 Å². The lowest BCUT2D eigenvalue weighted by atomic mass is 9.84. The molecule has 0 aliphatic rings. The van der Waals surface area contributed by atoms with Gasteiger partial charge in [-0.2, -0.15) is 0 Å². The van der Waals surface area contributed by atoms with E-state index in [9.17, 15) is 0 Å². The van der Waals surface area contributed by atoms with Gasteiger partial charge in [0.15, 0.2) is 0 Å². The van der Waals surface area contributed by atoms with Gasteiger partial charge >= 0.3 is 0 Å². The lowest BCUT2D eigenvalue weighted by Crippen LogP contribution is -2.12. The zero-order chi connectivity index (χ0) is 9.35. The molecule has 0 saturated carbocycles. The van der Waals surface area contributed by atoms with E-state index in [1.807, 2.05) is 18.2 Å². The Hall–Kier alpha value is -0.490. The van der Waals surface area contributed by atoms with E-state index in [-0.39, 0.29) is 5.41 Å². The van der Waals surface area contributed by atoms with E-state index in [1.54, 1.807) is 0 Å². The summed E-state index contributed by atoms with van der Waals surface area (Å²) in [7, 11) is 0. The minimum absolute atomic E-state index is 0.154. The minimum atomic E-state index is 0.154. The summed E-state index contributed by atoms with van der Waals surface area (Å²) < 4.78 is 0. The number of hydrogen-bond donors (Lipinski definition) is 0. The Morgan fingerprint density at radius 3 is 2.25 bits per heavy atom. The molecule has 1 aromatic rings. The first-order chi connectivity index (χ1) is 5.41. The molecule has 0 heterocycles. The van der Waals surface area contributed by atoms with E-state index in [0.717, 1.165) is 10.6 Å². The van der Waals surface area contributed by atoms with Crippen LogP contribution in [0.2, 0.25) is 5.02 Å². The molecule has 0 aliphatic carbocycles. The molecular formula is C11H14Cl. The van der Waals surface area contributed by atoms with Crippen molar-refractivity contribution < 1.29 is 0 Å². The molecule has 0 saturated heterocycles. The fraction of sp³-hybridized carbons (Fsp3) is 0.364. The summed E-state index contributed by atoms with van der Waals surface area (Å²) >= 11 is 5.83. The van der Waals surface area contributed by atoms with Crippen LogP contribution in [0.15, 0.2) is 18.2 Å². The lowest BCUT2D eigenvalue weighted by molar-refractivity contribution is 0.588. The summed E-state index contributed by atoms with van der Waals surface area (Å²) in [5.74, 6) is 0. The molecule has 1 rings (SSSR count). The summed E-state index contributed by atoms with van der Waals surface area (Å²) in [5.41, 5.74) is 2.43. The molecule has 0 nitrogen and oxygen atoms in total. The minimum Gasteiger partial charge on any atom is -0.0843 e. The first-order valence-corrected chi connectivity index (χ1v) is 4.41. The Bertz CT molecular complexity index is 282. The van der Waals surface area contributed by atoms with Crippen LogP contribution in [-0.2, 0) is 5.41 Å². The van der Waals surface area contributed by atoms with E-state index >= 15 is 0 Å². The van der Waals surface area contributed by atoms with Crippen LogP contribution in [0, 0.1) is 6.92 Å². The normalized spacial score (nSPS) is 11.8. The topological polar surface area (TPSA) is 0 Å². The second-order valence-electron chi connectivity index (χ2n) is 4.05. The fourth-order valence-corrected chi connectivity index (χ4v) is 1.49. The molecule has 0 spiro atoms. The Balaban J connectivity index is 3.19. The smallest absolute Gasteiger partial charge is 0.0408 e. The number of hydrogen-bond acceptors (Lipinski definition) is 0. The van der Waals surface area contributed by atoms with E-state index in [1.165, 1.54) is 5.56 Å². The first-order valence-electron chi connectivity index (χ1n) is 4.03. The number of halogens is 1. The zero-order valence-corrected chi connectivity index (χ0v) is 8.57. The summed E-state index contributed by atoms with van der Waals surface area (Å²) in [6.07, 6.45) is 0. The predicted molar refractivity (Wildman–Crippen MR) is 54.6 cm³/mol. The molecule has 0 unspecified atom stereocenters. The molecule has 0 bridgehead atoms. The molecule has 1 aromatic carbocycles. The van der Waals surface area contributed by atoms with Crippen molar-refractivity contribution in [1.29, 1.82) is 0 Å². The van der Waals surface area contributed by atoms with Crippen LogP contribution in [0.25, 0.3) is 0 Å². The molecular weight excluding hydrogens is 168 g/mol. The third kappa shape index (κ3) is 2.01. The summed E-state index contributed by atoms with van der Waals surface area (Å²) in [5, 5.41) is 0.757. The largest absolute Gasteiger partial charge is 0.0843 e. The van der Waals surface area contributed by atoms with Crippen LogP contribution in [-0.4, -0.2) is 0 Å². The van der Waals surface area contributed by atoms with Crippen molar-refractivity contribution in [1.82, 2.24) is 0 Å². The van der Waals surface area contributed by atoms with Gasteiger partial charge in [-0.25, -0.2) is 0 Å². The van der Waals surface area contributed by atoms with Crippen molar-refractivity contribution in [3.63, 3.8) is 0 Å². The highest BCUT2D eigenvalue weighted by molar-refractivity contribution is 6.30. The Labute approximate surface area is 79.6 Å². The quantitative estimate of drug-likeness (QED) is 0.571. The van der Waals surface area contributed by atoms with Gasteiger partial charge in [0, 0.05) is 5.02 Å². The Morgan fingerprint density at radius 2 is 1.83 bits per heavy atom. The van der Waals surface area contributed by atoms with E-state index in [2.05, 4.69) is 27.7 Å². The summed E-state index contributed by atoms with van der Waals surface area (Å²) in [6, 6.07) is 5.86. The van der Waals surface area contributed by atoms with Gasteiger partial charge in [0.1, 0.15) is 0 Å². The molecule has 0 aromatic heterocycles. The monoisotopic (exact) mass is 181 g/mol. The van der Waals surface area contributed by atoms with Crippen LogP contribution in [0.1, 0.15) is 31.9 Å². The Kier molecular flexibility index (Phi) is 2.48. The predicted octanol–water partition coefficient (Wildman–Crippen LogP) is 3.82. The van der Waals surface area contributed by atoms with Crippen LogP contribution in [0.4, 0.5) is 0 Å². The third-order valence-electron chi connectivity index (χ3n) is 1.88. The zero-order valence-electron chi connectivity index (χ0n) is 7.82. The maximum atomic E-state index is 5.83. The molecule has 0 amide bonds. The fourth-order valence-electron chi connectivity index (χ4n) is 1.29. The molecule has 0 atom stereocenters. The Morgan fingerprint density at radius 1 is 1.25 bits per heavy atom. The molecule has 65 valence electrons. The van der Waals surface area contributed by atoms with Crippen LogP contribution < -0.4 is 0 Å². The average molecular weight is 182 g/mol. The molecule has 12 heavy (non-hydrogen) atoms. The van der Waals surface area contributed by atoms with E-state index < -0.39 is 0 Å². The van der Waals surface area contributed by atoms with E-state index in [4.69, 9.17) is 11.6 Å². The van der Waals surface area contributed by atoms with Gasteiger partial charge in [0.05, 0.1) is 0 Å². The first kappa shape index (κ1) is 9.60. The van der Waals surface area contributed by atoms with Gasteiger partial charge in [-0.1, -0.05) is 38.4 Å². The highest BCUT2D eigenvalue weighted by Crippen LogP contribution is 2.27. The van der Waals surface area contributed by atoms with Crippen molar-refractivity contribution in [2.75, 3.05) is 0 Å². The summed E-state index contributed by atoms with van der Waals surface area (Å²) in [6.45, 7) is 10.5. The van der Waals surface area contributed by atoms with Gasteiger partial charge in [0.25, 0.3) is 0 Å². The molecule has 0 aliphatic heterocycles. The lowest BCUT2D eigenvalue weighted by Gasteiger charge is -2.21. The van der Waals surface area contributed by atoms with Crippen molar-refractivity contribution in [2.45, 2.75) is 26.2 Å². The number of rotatable bonds is 0. The van der Waals surface area contributed by atoms with E-state index in [0.29, 0.717) is 0 Å². The highest BCUT2D eigenvalue weighted by atomic mass is 35.5. The second-order valence-corrected chi connectivity index (χ2v) is 4.49. The standard InChI is InChI=1S/C11H14Cl/c1-8-7-9(12)5-6-10(8)11(2,3)4/h5-7H,1H2,2-4H3. The molecule has 1 heteroatoms. The van der Waals surface area contributed by atoms with Crippen molar-refractivity contribution >= 4 is 11.6 Å². The van der Waals surface area contributed by atoms with Crippen molar-refractivity contribution in [2.24, 2.45) is 0 Å². The van der Waals surface area contributed by atoms with Crippen LogP contribution in [0.5, 0.6) is 0 Å². The van der Waals surface area contributed by atoms with Gasteiger partial charge in [-0.15, -0.1) is 0 Å². The molecule has 1 radical (unpaired) electrons. The molecule has 0 N–H and O–H groups in total. The summed E-state index contributed by atoms with van der Waals surface area (Å²) in [4.78, 5) is 0. The van der Waals surface area contributed by atoms with Crippen molar-refractivity contribution in [3.05, 3.63) is 41.3 Å². The highest BCUT2D eigenvalue weighted by Gasteiger charge is 2.15.